The molecule has 1 aliphatic rings. The van der Waals surface area contributed by atoms with Gasteiger partial charge in [-0.15, -0.1) is 11.3 Å². The van der Waals surface area contributed by atoms with Crippen molar-refractivity contribution >= 4 is 28.2 Å². The van der Waals surface area contributed by atoms with Crippen LogP contribution < -0.4 is 11.1 Å². The van der Waals surface area contributed by atoms with Crippen LogP contribution in [0.2, 0.25) is 0 Å². The lowest BCUT2D eigenvalue weighted by Crippen LogP contribution is -2.22. The number of rotatable bonds is 4. The van der Waals surface area contributed by atoms with E-state index < -0.39 is 23.7 Å². The Morgan fingerprint density at radius 1 is 1.35 bits per heavy atom. The zero-order valence-electron chi connectivity index (χ0n) is 13.9. The number of anilines is 1. The minimum atomic E-state index is -4.57. The first-order valence-electron chi connectivity index (χ1n) is 8.02. The van der Waals surface area contributed by atoms with Gasteiger partial charge in [0.2, 0.25) is 5.91 Å². The number of nitrogens with two attached hydrogens (primary N) is 1. The second-order valence-electron chi connectivity index (χ2n) is 6.15. The van der Waals surface area contributed by atoms with Gasteiger partial charge >= 0.3 is 6.18 Å². The summed E-state index contributed by atoms with van der Waals surface area (Å²) in [5, 5.41) is 6.39. The first-order chi connectivity index (χ1) is 12.2. The molecule has 2 aromatic rings. The fourth-order valence-electron chi connectivity index (χ4n) is 3.03. The maximum Gasteiger partial charge on any atom is 0.435 e. The predicted molar refractivity (Wildman–Crippen MR) is 90.1 cm³/mol. The van der Waals surface area contributed by atoms with Crippen LogP contribution in [0, 0.1) is 6.92 Å². The fraction of sp³-hybridized carbons (Fsp3) is 0.438. The highest BCUT2D eigenvalue weighted by Gasteiger charge is 2.34. The maximum absolute atomic E-state index is 12.7. The highest BCUT2D eigenvalue weighted by atomic mass is 32.1. The fourth-order valence-corrected chi connectivity index (χ4v) is 4.34. The number of thiophene rings is 1. The van der Waals surface area contributed by atoms with Crippen LogP contribution in [0.4, 0.5) is 18.2 Å². The van der Waals surface area contributed by atoms with E-state index in [1.54, 1.807) is 0 Å². The molecule has 0 spiro atoms. The number of primary amides is 1. The molecule has 3 rings (SSSR count). The van der Waals surface area contributed by atoms with Crippen molar-refractivity contribution in [3.8, 4) is 0 Å². The predicted octanol–water partition coefficient (Wildman–Crippen LogP) is 2.89. The van der Waals surface area contributed by atoms with Gasteiger partial charge in [-0.05, 0) is 44.2 Å². The van der Waals surface area contributed by atoms with Crippen molar-refractivity contribution in [3.05, 3.63) is 33.5 Å². The van der Waals surface area contributed by atoms with Gasteiger partial charge in [0.05, 0.1) is 5.56 Å². The van der Waals surface area contributed by atoms with Crippen LogP contribution in [0.5, 0.6) is 0 Å². The smallest absolute Gasteiger partial charge is 0.365 e. The Morgan fingerprint density at radius 3 is 2.65 bits per heavy atom. The van der Waals surface area contributed by atoms with Crippen LogP contribution in [-0.4, -0.2) is 21.6 Å². The zero-order chi connectivity index (χ0) is 19.1. The van der Waals surface area contributed by atoms with Gasteiger partial charge in [0.1, 0.15) is 11.5 Å². The molecule has 0 bridgehead atoms. The summed E-state index contributed by atoms with van der Waals surface area (Å²) in [7, 11) is 0. The Morgan fingerprint density at radius 2 is 2.04 bits per heavy atom. The van der Waals surface area contributed by atoms with E-state index >= 15 is 0 Å². The lowest BCUT2D eigenvalue weighted by atomic mass is 9.95. The van der Waals surface area contributed by atoms with Gasteiger partial charge in [-0.1, -0.05) is 0 Å². The maximum atomic E-state index is 12.7. The van der Waals surface area contributed by atoms with Crippen LogP contribution in [-0.2, 0) is 30.4 Å². The van der Waals surface area contributed by atoms with Gasteiger partial charge in [0.25, 0.3) is 5.91 Å². The molecule has 3 N–H and O–H groups in total. The van der Waals surface area contributed by atoms with Crippen molar-refractivity contribution < 1.29 is 22.8 Å². The molecule has 0 aromatic carbocycles. The Kier molecular flexibility index (Phi) is 4.78. The molecule has 0 fully saturated rings. The number of carbonyl (C=O) groups excluding carboxylic acids is 2. The number of nitrogens with zero attached hydrogens (tertiary/aromatic N) is 2. The lowest BCUT2D eigenvalue weighted by molar-refractivity contribution is -0.141. The summed E-state index contributed by atoms with van der Waals surface area (Å²) >= 11 is 1.30. The van der Waals surface area contributed by atoms with E-state index in [0.717, 1.165) is 46.9 Å². The van der Waals surface area contributed by atoms with Crippen LogP contribution >= 0.6 is 11.3 Å². The summed E-state index contributed by atoms with van der Waals surface area (Å²) in [6.07, 6.45) is -1.06. The topological polar surface area (TPSA) is 90.0 Å². The summed E-state index contributed by atoms with van der Waals surface area (Å²) in [5.74, 6) is -1.18. The molecule has 0 radical (unpaired) electrons. The molecule has 0 aliphatic heterocycles. The minimum absolute atomic E-state index is 0.216. The van der Waals surface area contributed by atoms with Crippen LogP contribution in [0.15, 0.2) is 6.07 Å². The molecule has 0 saturated heterocycles. The Balaban J connectivity index is 1.80. The van der Waals surface area contributed by atoms with Crippen molar-refractivity contribution in [2.45, 2.75) is 45.3 Å². The molecule has 0 saturated carbocycles. The number of aryl methyl sites for hydroxylation is 2. The second-order valence-corrected chi connectivity index (χ2v) is 7.26. The van der Waals surface area contributed by atoms with Gasteiger partial charge in [0.15, 0.2) is 5.69 Å². The van der Waals surface area contributed by atoms with Crippen molar-refractivity contribution in [3.63, 3.8) is 0 Å². The SMILES string of the molecule is Cc1cc(C(F)(F)F)nn1CC(=O)Nc1sc2c(c1C(N)=O)CCCC2. The number of fused-ring (bicyclic) bond motifs is 1. The molecular formula is C16H17F3N4O2S. The molecular weight excluding hydrogens is 369 g/mol. The number of nitrogens with one attached hydrogen (secondary N) is 1. The molecule has 140 valence electrons. The molecule has 2 amide bonds. The van der Waals surface area contributed by atoms with Crippen LogP contribution in [0.3, 0.4) is 0 Å². The van der Waals surface area contributed by atoms with Gasteiger partial charge in [-0.3, -0.25) is 14.3 Å². The number of amides is 2. The standard InChI is InChI=1S/C16H17F3N4O2S/c1-8-6-11(16(17,18)19)22-23(8)7-12(24)21-15-13(14(20)25)9-4-2-3-5-10(9)26-15/h6H,2-5,7H2,1H3,(H2,20,25)(H,21,24). The number of carbonyl (C=O) groups is 2. The number of hydrogen-bond acceptors (Lipinski definition) is 4. The number of aromatic nitrogens is 2. The van der Waals surface area contributed by atoms with Crippen LogP contribution in [0.25, 0.3) is 0 Å². The average Bonchev–Trinajstić information content (AvgIpc) is 3.07. The van der Waals surface area contributed by atoms with E-state index in [-0.39, 0.29) is 12.2 Å². The zero-order valence-corrected chi connectivity index (χ0v) is 14.8. The molecule has 1 aliphatic carbocycles. The van der Waals surface area contributed by atoms with E-state index in [9.17, 15) is 22.8 Å². The summed E-state index contributed by atoms with van der Waals surface area (Å²) < 4.78 is 39.1. The third kappa shape index (κ3) is 3.59. The van der Waals surface area contributed by atoms with E-state index in [4.69, 9.17) is 5.73 Å². The normalized spacial score (nSPS) is 14.2. The van der Waals surface area contributed by atoms with Gasteiger partial charge in [0, 0.05) is 10.6 Å². The van der Waals surface area contributed by atoms with Gasteiger partial charge in [-0.2, -0.15) is 18.3 Å². The minimum Gasteiger partial charge on any atom is -0.365 e. The lowest BCUT2D eigenvalue weighted by Gasteiger charge is -2.11. The average molecular weight is 386 g/mol. The van der Waals surface area contributed by atoms with Gasteiger partial charge < -0.3 is 11.1 Å². The summed E-state index contributed by atoms with van der Waals surface area (Å²) in [4.78, 5) is 25.1. The van der Waals surface area contributed by atoms with Gasteiger partial charge in [-0.25, -0.2) is 0 Å². The molecule has 2 heterocycles. The molecule has 0 unspecified atom stereocenters. The highest BCUT2D eigenvalue weighted by Crippen LogP contribution is 2.38. The second kappa shape index (κ2) is 6.75. The molecule has 2 aromatic heterocycles. The van der Waals surface area contributed by atoms with Crippen molar-refractivity contribution in [1.82, 2.24) is 9.78 Å². The first-order valence-corrected chi connectivity index (χ1v) is 8.84. The Hall–Kier alpha value is -2.36. The summed E-state index contributed by atoms with van der Waals surface area (Å²) in [5.41, 5.74) is 5.81. The van der Waals surface area contributed by atoms with E-state index in [2.05, 4.69) is 10.4 Å². The van der Waals surface area contributed by atoms with E-state index in [1.807, 2.05) is 0 Å². The van der Waals surface area contributed by atoms with Crippen molar-refractivity contribution in [2.24, 2.45) is 5.73 Å². The molecule has 10 heteroatoms. The summed E-state index contributed by atoms with van der Waals surface area (Å²) in [6, 6.07) is 0.881. The van der Waals surface area contributed by atoms with E-state index in [1.165, 1.54) is 18.3 Å². The van der Waals surface area contributed by atoms with Crippen molar-refractivity contribution in [1.29, 1.82) is 0 Å². The third-order valence-electron chi connectivity index (χ3n) is 4.24. The molecule has 26 heavy (non-hydrogen) atoms. The quantitative estimate of drug-likeness (QED) is 0.847. The third-order valence-corrected chi connectivity index (χ3v) is 5.44. The number of alkyl halides is 3. The monoisotopic (exact) mass is 386 g/mol. The molecule has 0 atom stereocenters. The molecule has 6 nitrogen and oxygen atoms in total. The van der Waals surface area contributed by atoms with Crippen molar-refractivity contribution in [2.75, 3.05) is 5.32 Å². The highest BCUT2D eigenvalue weighted by molar-refractivity contribution is 7.17. The number of halogens is 3. The Bertz CT molecular complexity index is 870. The Labute approximate surface area is 151 Å². The summed E-state index contributed by atoms with van der Waals surface area (Å²) in [6.45, 7) is 1.05. The van der Waals surface area contributed by atoms with E-state index in [0.29, 0.717) is 10.6 Å². The number of hydrogen-bond donors (Lipinski definition) is 2. The first kappa shape index (κ1) is 18.4. The largest absolute Gasteiger partial charge is 0.435 e. The van der Waals surface area contributed by atoms with Crippen LogP contribution in [0.1, 0.15) is 45.0 Å².